The van der Waals surface area contributed by atoms with Crippen LogP contribution in [-0.4, -0.2) is 32.7 Å². The van der Waals surface area contributed by atoms with Gasteiger partial charge < -0.3 is 4.90 Å². The minimum absolute atomic E-state index is 0.0834. The Bertz CT molecular complexity index is 1120. The van der Waals surface area contributed by atoms with Gasteiger partial charge in [0, 0.05) is 24.1 Å². The largest absolute Gasteiger partial charge is 0.338 e. The molecule has 1 heterocycles. The molecule has 0 unspecified atom stereocenters. The van der Waals surface area contributed by atoms with Crippen LogP contribution in [0.15, 0.2) is 56.9 Å². The van der Waals surface area contributed by atoms with Gasteiger partial charge in [-0.1, -0.05) is 46.7 Å². The SMILES string of the molecule is CCCn1c(SCC(=O)N(CC)Cc2cccc(F)c2)nc2ccc(Br)cc2c1=O. The molecule has 30 heavy (non-hydrogen) atoms. The second-order valence-electron chi connectivity index (χ2n) is 6.84. The average molecular weight is 492 g/mol. The molecule has 0 saturated heterocycles. The van der Waals surface area contributed by atoms with Gasteiger partial charge in [0.05, 0.1) is 16.7 Å². The molecule has 0 bridgehead atoms. The van der Waals surface area contributed by atoms with Crippen molar-refractivity contribution in [2.75, 3.05) is 12.3 Å². The molecular weight excluding hydrogens is 469 g/mol. The number of rotatable bonds is 8. The number of hydrogen-bond acceptors (Lipinski definition) is 4. The van der Waals surface area contributed by atoms with Gasteiger partial charge in [-0.2, -0.15) is 0 Å². The molecule has 8 heteroatoms. The second kappa shape index (κ2) is 10.2. The average Bonchev–Trinajstić information content (AvgIpc) is 2.73. The maximum absolute atomic E-state index is 13.4. The van der Waals surface area contributed by atoms with Crippen LogP contribution in [0.1, 0.15) is 25.8 Å². The zero-order chi connectivity index (χ0) is 21.7. The van der Waals surface area contributed by atoms with Crippen LogP contribution in [0.2, 0.25) is 0 Å². The molecule has 0 aliphatic heterocycles. The Morgan fingerprint density at radius 2 is 2.03 bits per heavy atom. The predicted molar refractivity (Wildman–Crippen MR) is 122 cm³/mol. The first-order valence-electron chi connectivity index (χ1n) is 9.78. The van der Waals surface area contributed by atoms with Gasteiger partial charge in [-0.15, -0.1) is 0 Å². The molecule has 3 rings (SSSR count). The summed E-state index contributed by atoms with van der Waals surface area (Å²) in [6.07, 6.45) is 0.781. The van der Waals surface area contributed by atoms with Gasteiger partial charge in [0.15, 0.2) is 5.16 Å². The highest BCUT2D eigenvalue weighted by molar-refractivity contribution is 9.10. The molecule has 0 aliphatic carbocycles. The zero-order valence-corrected chi connectivity index (χ0v) is 19.3. The van der Waals surface area contributed by atoms with Crippen molar-refractivity contribution in [1.29, 1.82) is 0 Å². The Labute approximate surface area is 187 Å². The first kappa shape index (κ1) is 22.5. The highest BCUT2D eigenvalue weighted by atomic mass is 79.9. The number of carbonyl (C=O) groups excluding carboxylic acids is 1. The van der Waals surface area contributed by atoms with E-state index in [0.717, 1.165) is 16.5 Å². The first-order chi connectivity index (χ1) is 14.4. The first-order valence-corrected chi connectivity index (χ1v) is 11.6. The van der Waals surface area contributed by atoms with Crippen LogP contribution in [0.3, 0.4) is 0 Å². The summed E-state index contributed by atoms with van der Waals surface area (Å²) in [6.45, 7) is 5.27. The van der Waals surface area contributed by atoms with Crippen molar-refractivity contribution in [1.82, 2.24) is 14.5 Å². The fourth-order valence-corrected chi connectivity index (χ4v) is 4.44. The summed E-state index contributed by atoms with van der Waals surface area (Å²) in [6, 6.07) is 11.7. The van der Waals surface area contributed by atoms with Crippen LogP contribution in [0, 0.1) is 5.82 Å². The minimum atomic E-state index is -0.319. The smallest absolute Gasteiger partial charge is 0.262 e. The lowest BCUT2D eigenvalue weighted by molar-refractivity contribution is -0.128. The van der Waals surface area contributed by atoms with Crippen molar-refractivity contribution in [2.24, 2.45) is 0 Å². The molecular formula is C22H23BrFN3O2S. The van der Waals surface area contributed by atoms with E-state index in [1.807, 2.05) is 19.9 Å². The number of aromatic nitrogens is 2. The lowest BCUT2D eigenvalue weighted by atomic mass is 10.2. The summed E-state index contributed by atoms with van der Waals surface area (Å²) in [5.41, 5.74) is 1.25. The number of fused-ring (bicyclic) bond motifs is 1. The number of hydrogen-bond donors (Lipinski definition) is 0. The summed E-state index contributed by atoms with van der Waals surface area (Å²) in [4.78, 5) is 32.0. The summed E-state index contributed by atoms with van der Waals surface area (Å²) in [5, 5.41) is 1.08. The van der Waals surface area contributed by atoms with Gasteiger partial charge >= 0.3 is 0 Å². The van der Waals surface area contributed by atoms with Crippen molar-refractivity contribution in [3.8, 4) is 0 Å². The predicted octanol–water partition coefficient (Wildman–Crippen LogP) is 4.85. The molecule has 0 aliphatic rings. The van der Waals surface area contributed by atoms with Crippen molar-refractivity contribution in [3.05, 3.63) is 68.7 Å². The van der Waals surface area contributed by atoms with Crippen LogP contribution >= 0.6 is 27.7 Å². The molecule has 0 atom stereocenters. The van der Waals surface area contributed by atoms with E-state index in [2.05, 4.69) is 20.9 Å². The minimum Gasteiger partial charge on any atom is -0.338 e. The number of thioether (sulfide) groups is 1. The van der Waals surface area contributed by atoms with Crippen LogP contribution in [0.5, 0.6) is 0 Å². The van der Waals surface area contributed by atoms with Crippen LogP contribution in [0.25, 0.3) is 10.9 Å². The highest BCUT2D eigenvalue weighted by Gasteiger charge is 2.17. The van der Waals surface area contributed by atoms with Gasteiger partial charge in [0.25, 0.3) is 5.56 Å². The fourth-order valence-electron chi connectivity index (χ4n) is 3.15. The maximum atomic E-state index is 13.4. The number of halogens is 2. The van der Waals surface area contributed by atoms with E-state index < -0.39 is 0 Å². The van der Waals surface area contributed by atoms with Crippen molar-refractivity contribution in [3.63, 3.8) is 0 Å². The normalized spacial score (nSPS) is 11.1. The van der Waals surface area contributed by atoms with E-state index >= 15 is 0 Å². The fraction of sp³-hybridized carbons (Fsp3) is 0.318. The Kier molecular flexibility index (Phi) is 7.66. The molecule has 0 radical (unpaired) electrons. The summed E-state index contributed by atoms with van der Waals surface area (Å²) in [5.74, 6) is -0.248. The van der Waals surface area contributed by atoms with E-state index in [1.165, 1.54) is 23.9 Å². The second-order valence-corrected chi connectivity index (χ2v) is 8.70. The highest BCUT2D eigenvalue weighted by Crippen LogP contribution is 2.21. The van der Waals surface area contributed by atoms with E-state index in [9.17, 15) is 14.0 Å². The Morgan fingerprint density at radius 1 is 1.23 bits per heavy atom. The third-order valence-corrected chi connectivity index (χ3v) is 6.10. The molecule has 0 spiro atoms. The number of nitrogens with zero attached hydrogens (tertiary/aromatic N) is 3. The zero-order valence-electron chi connectivity index (χ0n) is 16.9. The molecule has 1 amide bonds. The summed E-state index contributed by atoms with van der Waals surface area (Å²) < 4.78 is 15.9. The topological polar surface area (TPSA) is 55.2 Å². The Morgan fingerprint density at radius 3 is 2.73 bits per heavy atom. The molecule has 0 fully saturated rings. The van der Waals surface area contributed by atoms with Crippen LogP contribution in [-0.2, 0) is 17.9 Å². The number of amides is 1. The molecule has 0 N–H and O–H groups in total. The molecule has 1 aromatic heterocycles. The third-order valence-electron chi connectivity index (χ3n) is 4.65. The van der Waals surface area contributed by atoms with Crippen molar-refractivity contribution >= 4 is 44.5 Å². The third kappa shape index (κ3) is 5.29. The molecule has 0 saturated carbocycles. The monoisotopic (exact) mass is 491 g/mol. The van der Waals surface area contributed by atoms with E-state index in [4.69, 9.17) is 0 Å². The standard InChI is InChI=1S/C22H23BrFN3O2S/c1-3-10-27-21(29)18-12-16(23)8-9-19(18)25-22(27)30-14-20(28)26(4-2)13-15-6-5-7-17(24)11-15/h5-9,11-12H,3-4,10,13-14H2,1-2H3. The van der Waals surface area contributed by atoms with Crippen molar-refractivity contribution in [2.45, 2.75) is 38.5 Å². The van der Waals surface area contributed by atoms with Gasteiger partial charge in [-0.25, -0.2) is 9.37 Å². The maximum Gasteiger partial charge on any atom is 0.262 e. The summed E-state index contributed by atoms with van der Waals surface area (Å²) in [7, 11) is 0. The van der Waals surface area contributed by atoms with Gasteiger partial charge in [0.1, 0.15) is 5.82 Å². The van der Waals surface area contributed by atoms with Gasteiger partial charge in [0.2, 0.25) is 5.91 Å². The van der Waals surface area contributed by atoms with Crippen molar-refractivity contribution < 1.29 is 9.18 Å². The molecule has 3 aromatic rings. The Hall–Kier alpha value is -2.19. The van der Waals surface area contributed by atoms with Gasteiger partial charge in [-0.3, -0.25) is 14.2 Å². The number of benzene rings is 2. The van der Waals surface area contributed by atoms with Crippen LogP contribution < -0.4 is 5.56 Å². The van der Waals surface area contributed by atoms with E-state index in [0.29, 0.717) is 35.7 Å². The quantitative estimate of drug-likeness (QED) is 0.333. The van der Waals surface area contributed by atoms with Gasteiger partial charge in [-0.05, 0) is 49.2 Å². The lowest BCUT2D eigenvalue weighted by Crippen LogP contribution is -2.32. The molecule has 5 nitrogen and oxygen atoms in total. The molecule has 2 aromatic carbocycles. The number of carbonyl (C=O) groups is 1. The van der Waals surface area contributed by atoms with E-state index in [-0.39, 0.29) is 23.0 Å². The lowest BCUT2D eigenvalue weighted by Gasteiger charge is -2.21. The van der Waals surface area contributed by atoms with Crippen LogP contribution in [0.4, 0.5) is 4.39 Å². The summed E-state index contributed by atoms with van der Waals surface area (Å²) >= 11 is 4.66. The Balaban J connectivity index is 1.81. The molecule has 158 valence electrons. The van der Waals surface area contributed by atoms with E-state index in [1.54, 1.807) is 33.7 Å².